The van der Waals surface area contributed by atoms with Gasteiger partial charge in [0.15, 0.2) is 0 Å². The molecule has 0 aliphatic heterocycles. The van der Waals surface area contributed by atoms with E-state index in [1.165, 1.54) is 31.2 Å². The molecule has 2 aromatic rings. The van der Waals surface area contributed by atoms with E-state index in [1.54, 1.807) is 0 Å². The van der Waals surface area contributed by atoms with Crippen LogP contribution in [0.3, 0.4) is 0 Å². The number of nitrogens with zero attached hydrogens (tertiary/aromatic N) is 2. The summed E-state index contributed by atoms with van der Waals surface area (Å²) in [6.45, 7) is 6.35. The van der Waals surface area contributed by atoms with Crippen molar-refractivity contribution in [2.24, 2.45) is 0 Å². The third-order valence-corrected chi connectivity index (χ3v) is 4.39. The molecule has 0 spiro atoms. The van der Waals surface area contributed by atoms with Crippen LogP contribution >= 0.6 is 0 Å². The molecular weight excluding hydrogens is 284 g/mol. The number of rotatable bonds is 5. The molecule has 3 rings (SSSR count). The minimum atomic E-state index is 0.549. The van der Waals surface area contributed by atoms with Crippen LogP contribution in [0.4, 0.5) is 17.3 Å². The van der Waals surface area contributed by atoms with Gasteiger partial charge < -0.3 is 10.6 Å². The van der Waals surface area contributed by atoms with Crippen molar-refractivity contribution in [3.05, 3.63) is 41.7 Å². The number of nitrogens with one attached hydrogen (secondary N) is 2. The molecule has 1 aliphatic rings. The van der Waals surface area contributed by atoms with Gasteiger partial charge in [-0.2, -0.15) is 0 Å². The fourth-order valence-corrected chi connectivity index (χ4v) is 3.08. The van der Waals surface area contributed by atoms with Crippen LogP contribution in [-0.2, 0) is 0 Å². The normalized spacial score (nSPS) is 15.1. The van der Waals surface area contributed by atoms with Gasteiger partial charge in [0, 0.05) is 17.8 Å². The molecule has 1 aliphatic carbocycles. The molecule has 0 radical (unpaired) electrons. The Kier molecular flexibility index (Phi) is 4.79. The summed E-state index contributed by atoms with van der Waals surface area (Å²) >= 11 is 0. The Labute approximate surface area is 138 Å². The van der Waals surface area contributed by atoms with Gasteiger partial charge in [-0.25, -0.2) is 9.97 Å². The van der Waals surface area contributed by atoms with E-state index in [1.807, 2.05) is 13.0 Å². The highest BCUT2D eigenvalue weighted by atomic mass is 15.1. The van der Waals surface area contributed by atoms with Crippen molar-refractivity contribution in [1.82, 2.24) is 9.97 Å². The smallest absolute Gasteiger partial charge is 0.136 e. The molecule has 0 atom stereocenters. The lowest BCUT2D eigenvalue weighted by atomic mass is 10.0. The minimum absolute atomic E-state index is 0.549. The number of aromatic nitrogens is 2. The summed E-state index contributed by atoms with van der Waals surface area (Å²) in [5.74, 6) is 3.10. The molecular formula is C19H26N4. The monoisotopic (exact) mass is 310 g/mol. The Bertz CT molecular complexity index is 643. The van der Waals surface area contributed by atoms with E-state index in [2.05, 4.69) is 58.7 Å². The highest BCUT2D eigenvalue weighted by molar-refractivity contribution is 5.59. The first kappa shape index (κ1) is 15.8. The molecule has 1 aromatic carbocycles. The Balaban J connectivity index is 1.72. The van der Waals surface area contributed by atoms with Crippen LogP contribution < -0.4 is 10.6 Å². The molecule has 4 nitrogen and oxygen atoms in total. The molecule has 23 heavy (non-hydrogen) atoms. The number of hydrogen-bond acceptors (Lipinski definition) is 4. The van der Waals surface area contributed by atoms with Crippen molar-refractivity contribution < 1.29 is 0 Å². The average molecular weight is 310 g/mol. The molecule has 0 amide bonds. The molecule has 4 heteroatoms. The second-order valence-electron chi connectivity index (χ2n) is 6.71. The Morgan fingerprint density at radius 2 is 1.65 bits per heavy atom. The topological polar surface area (TPSA) is 49.8 Å². The highest BCUT2D eigenvalue weighted by Gasteiger charge is 2.15. The molecule has 0 bridgehead atoms. The average Bonchev–Trinajstić information content (AvgIpc) is 3.00. The minimum Gasteiger partial charge on any atom is -0.367 e. The van der Waals surface area contributed by atoms with Gasteiger partial charge in [-0.05, 0) is 43.4 Å². The maximum atomic E-state index is 4.51. The summed E-state index contributed by atoms with van der Waals surface area (Å²) in [7, 11) is 0. The molecule has 1 saturated carbocycles. The summed E-state index contributed by atoms with van der Waals surface area (Å²) in [6.07, 6.45) is 5.11. The molecule has 2 N–H and O–H groups in total. The van der Waals surface area contributed by atoms with E-state index in [0.29, 0.717) is 12.0 Å². The van der Waals surface area contributed by atoms with Crippen LogP contribution in [0.25, 0.3) is 0 Å². The van der Waals surface area contributed by atoms with Crippen LogP contribution in [0, 0.1) is 6.92 Å². The SMILES string of the molecule is Cc1nc(Nc2ccc(C(C)C)cc2)cc(NC2CCCC2)n1. The maximum absolute atomic E-state index is 4.51. The lowest BCUT2D eigenvalue weighted by Gasteiger charge is -2.14. The summed E-state index contributed by atoms with van der Waals surface area (Å²) in [5.41, 5.74) is 2.40. The Hall–Kier alpha value is -2.10. The predicted octanol–water partition coefficient (Wildman–Crippen LogP) is 5.01. The molecule has 1 aromatic heterocycles. The zero-order chi connectivity index (χ0) is 16.2. The largest absolute Gasteiger partial charge is 0.367 e. The van der Waals surface area contributed by atoms with Gasteiger partial charge in [-0.1, -0.05) is 38.8 Å². The molecule has 0 saturated heterocycles. The number of hydrogen-bond donors (Lipinski definition) is 2. The van der Waals surface area contributed by atoms with Crippen LogP contribution in [-0.4, -0.2) is 16.0 Å². The lowest BCUT2D eigenvalue weighted by molar-refractivity contribution is 0.748. The zero-order valence-electron chi connectivity index (χ0n) is 14.3. The van der Waals surface area contributed by atoms with E-state index in [9.17, 15) is 0 Å². The first-order valence-electron chi connectivity index (χ1n) is 8.59. The van der Waals surface area contributed by atoms with Crippen LogP contribution in [0.15, 0.2) is 30.3 Å². The van der Waals surface area contributed by atoms with Crippen LogP contribution in [0.5, 0.6) is 0 Å². The summed E-state index contributed by atoms with van der Waals surface area (Å²) in [6, 6.07) is 11.1. The Morgan fingerprint density at radius 1 is 1.00 bits per heavy atom. The molecule has 1 fully saturated rings. The maximum Gasteiger partial charge on any atom is 0.136 e. The third-order valence-electron chi connectivity index (χ3n) is 4.39. The first-order valence-corrected chi connectivity index (χ1v) is 8.59. The van der Waals surface area contributed by atoms with E-state index >= 15 is 0 Å². The summed E-state index contributed by atoms with van der Waals surface area (Å²) in [5, 5.41) is 6.93. The first-order chi connectivity index (χ1) is 11.1. The second-order valence-corrected chi connectivity index (χ2v) is 6.71. The Morgan fingerprint density at radius 3 is 2.30 bits per heavy atom. The van der Waals surface area contributed by atoms with Gasteiger partial charge in [0.2, 0.25) is 0 Å². The second kappa shape index (κ2) is 6.99. The van der Waals surface area contributed by atoms with E-state index in [-0.39, 0.29) is 0 Å². The summed E-state index contributed by atoms with van der Waals surface area (Å²) in [4.78, 5) is 9.01. The van der Waals surface area contributed by atoms with Gasteiger partial charge in [-0.3, -0.25) is 0 Å². The number of aryl methyl sites for hydroxylation is 1. The quantitative estimate of drug-likeness (QED) is 0.815. The van der Waals surface area contributed by atoms with Gasteiger partial charge in [0.1, 0.15) is 17.5 Å². The summed E-state index contributed by atoms with van der Waals surface area (Å²) < 4.78 is 0. The third kappa shape index (κ3) is 4.21. The fourth-order valence-electron chi connectivity index (χ4n) is 3.08. The van der Waals surface area contributed by atoms with Crippen molar-refractivity contribution in [2.45, 2.75) is 58.4 Å². The van der Waals surface area contributed by atoms with Crippen molar-refractivity contribution in [3.63, 3.8) is 0 Å². The van der Waals surface area contributed by atoms with E-state index in [0.717, 1.165) is 23.1 Å². The van der Waals surface area contributed by atoms with Gasteiger partial charge in [0.25, 0.3) is 0 Å². The molecule has 1 heterocycles. The molecule has 122 valence electrons. The number of benzene rings is 1. The lowest BCUT2D eigenvalue weighted by Crippen LogP contribution is -2.16. The van der Waals surface area contributed by atoms with Crippen molar-refractivity contribution in [3.8, 4) is 0 Å². The standard InChI is InChI=1S/C19H26N4/c1-13(2)15-8-10-17(11-9-15)23-19-12-18(20-14(3)21-19)22-16-6-4-5-7-16/h8-13,16H,4-7H2,1-3H3,(H2,20,21,22,23). The van der Waals surface area contributed by atoms with Crippen molar-refractivity contribution in [2.75, 3.05) is 10.6 Å². The zero-order valence-corrected chi connectivity index (χ0v) is 14.3. The van der Waals surface area contributed by atoms with Gasteiger partial charge in [-0.15, -0.1) is 0 Å². The molecule has 0 unspecified atom stereocenters. The highest BCUT2D eigenvalue weighted by Crippen LogP contribution is 2.24. The van der Waals surface area contributed by atoms with Crippen LogP contribution in [0.2, 0.25) is 0 Å². The van der Waals surface area contributed by atoms with Gasteiger partial charge in [0.05, 0.1) is 0 Å². The fraction of sp³-hybridized carbons (Fsp3) is 0.474. The van der Waals surface area contributed by atoms with E-state index < -0.39 is 0 Å². The van der Waals surface area contributed by atoms with Crippen LogP contribution in [0.1, 0.15) is 56.8 Å². The number of anilines is 3. The predicted molar refractivity (Wildman–Crippen MR) is 96.5 cm³/mol. The van der Waals surface area contributed by atoms with Gasteiger partial charge >= 0.3 is 0 Å². The van der Waals surface area contributed by atoms with Crippen molar-refractivity contribution in [1.29, 1.82) is 0 Å². The van der Waals surface area contributed by atoms with Crippen molar-refractivity contribution >= 4 is 17.3 Å². The van der Waals surface area contributed by atoms with E-state index in [4.69, 9.17) is 0 Å².